The normalized spacial score (nSPS) is 15.8. The van der Waals surface area contributed by atoms with Gasteiger partial charge < -0.3 is 9.80 Å². The number of carbonyl (C=O) groups excluding carboxylic acids is 1. The van der Waals surface area contributed by atoms with E-state index in [0.717, 1.165) is 43.3 Å². The molecular weight excluding hydrogens is 430 g/mol. The lowest BCUT2D eigenvalue weighted by Crippen LogP contribution is -2.49. The van der Waals surface area contributed by atoms with E-state index in [9.17, 15) is 4.79 Å². The Kier molecular flexibility index (Phi) is 6.65. The number of thioether (sulfide) groups is 1. The molecule has 2 heterocycles. The van der Waals surface area contributed by atoms with Crippen LogP contribution >= 0.6 is 23.4 Å². The fourth-order valence-electron chi connectivity index (χ4n) is 3.55. The van der Waals surface area contributed by atoms with Crippen molar-refractivity contribution in [3.8, 4) is 17.1 Å². The number of aromatic nitrogens is 3. The molecule has 3 aromatic rings. The molecule has 1 aromatic heterocycles. The molecule has 2 aromatic carbocycles. The Labute approximate surface area is 192 Å². The van der Waals surface area contributed by atoms with Crippen LogP contribution in [0, 0.1) is 6.92 Å². The van der Waals surface area contributed by atoms with Crippen molar-refractivity contribution in [3.05, 3.63) is 59.1 Å². The van der Waals surface area contributed by atoms with E-state index in [1.807, 2.05) is 40.7 Å². The minimum atomic E-state index is -0.255. The predicted octanol–water partition coefficient (Wildman–Crippen LogP) is 4.15. The van der Waals surface area contributed by atoms with Gasteiger partial charge in [-0.2, -0.15) is 0 Å². The molecule has 0 bridgehead atoms. The molecule has 0 unspecified atom stereocenters. The summed E-state index contributed by atoms with van der Waals surface area (Å²) < 4.78 is 2.01. The van der Waals surface area contributed by atoms with Crippen molar-refractivity contribution in [2.45, 2.75) is 24.3 Å². The number of amides is 1. The largest absolute Gasteiger partial charge is 0.339 e. The van der Waals surface area contributed by atoms with Crippen molar-refractivity contribution >= 4 is 29.3 Å². The molecule has 0 spiro atoms. The first-order valence-corrected chi connectivity index (χ1v) is 11.6. The van der Waals surface area contributed by atoms with Crippen LogP contribution in [0.3, 0.4) is 0 Å². The number of carbonyl (C=O) groups is 1. The minimum Gasteiger partial charge on any atom is -0.339 e. The third-order valence-electron chi connectivity index (χ3n) is 5.47. The van der Waals surface area contributed by atoms with E-state index in [1.165, 1.54) is 17.3 Å². The molecule has 6 nitrogen and oxygen atoms in total. The van der Waals surface area contributed by atoms with E-state index in [4.69, 9.17) is 11.6 Å². The summed E-state index contributed by atoms with van der Waals surface area (Å²) in [5, 5.41) is 10.0. The highest BCUT2D eigenvalue weighted by molar-refractivity contribution is 8.00. The second kappa shape index (κ2) is 9.42. The van der Waals surface area contributed by atoms with Gasteiger partial charge >= 0.3 is 0 Å². The van der Waals surface area contributed by atoms with E-state index in [1.54, 1.807) is 0 Å². The Morgan fingerprint density at radius 2 is 1.65 bits per heavy atom. The van der Waals surface area contributed by atoms with E-state index in [-0.39, 0.29) is 11.2 Å². The van der Waals surface area contributed by atoms with Crippen molar-refractivity contribution < 1.29 is 4.79 Å². The maximum absolute atomic E-state index is 13.0. The number of aryl methyl sites for hydroxylation is 1. The number of hydrogen-bond donors (Lipinski definition) is 0. The number of likely N-dealkylation sites (N-methyl/N-ethyl adjacent to an activating group) is 1. The van der Waals surface area contributed by atoms with Gasteiger partial charge in [-0.1, -0.05) is 41.1 Å². The first kappa shape index (κ1) is 21.9. The predicted molar refractivity (Wildman–Crippen MR) is 126 cm³/mol. The minimum absolute atomic E-state index is 0.143. The Morgan fingerprint density at radius 3 is 2.29 bits per heavy atom. The number of benzene rings is 2. The fraction of sp³-hybridized carbons (Fsp3) is 0.348. The van der Waals surface area contributed by atoms with Gasteiger partial charge in [-0.05, 0) is 57.3 Å². The molecule has 1 aliphatic heterocycles. The van der Waals surface area contributed by atoms with Gasteiger partial charge in [-0.3, -0.25) is 9.36 Å². The van der Waals surface area contributed by atoms with E-state index < -0.39 is 0 Å². The monoisotopic (exact) mass is 455 g/mol. The average Bonchev–Trinajstić information content (AvgIpc) is 3.18. The zero-order chi connectivity index (χ0) is 22.0. The summed E-state index contributed by atoms with van der Waals surface area (Å²) in [6.07, 6.45) is 0. The van der Waals surface area contributed by atoms with Gasteiger partial charge in [-0.25, -0.2) is 0 Å². The molecule has 0 saturated carbocycles. The SMILES string of the molecule is Cc1ccc(-n2c(S[C@@H](C)C(=O)N3CCN(C)CC3)nnc2-c2ccc(Cl)cc2)cc1. The van der Waals surface area contributed by atoms with Crippen LogP contribution in [0.1, 0.15) is 12.5 Å². The van der Waals surface area contributed by atoms with Gasteiger partial charge in [0, 0.05) is 42.5 Å². The van der Waals surface area contributed by atoms with Crippen LogP contribution < -0.4 is 0 Å². The second-order valence-electron chi connectivity index (χ2n) is 7.87. The molecule has 0 aliphatic carbocycles. The third kappa shape index (κ3) is 4.95. The summed E-state index contributed by atoms with van der Waals surface area (Å²) in [6, 6.07) is 15.8. The maximum atomic E-state index is 13.0. The summed E-state index contributed by atoms with van der Waals surface area (Å²) in [7, 11) is 2.09. The Bertz CT molecular complexity index is 1040. The average molecular weight is 456 g/mol. The smallest absolute Gasteiger partial charge is 0.235 e. The van der Waals surface area contributed by atoms with Crippen LogP contribution in [0.25, 0.3) is 17.1 Å². The highest BCUT2D eigenvalue weighted by atomic mass is 35.5. The van der Waals surface area contributed by atoms with Gasteiger partial charge in [0.25, 0.3) is 0 Å². The number of hydrogen-bond acceptors (Lipinski definition) is 5. The van der Waals surface area contributed by atoms with Crippen molar-refractivity contribution in [1.29, 1.82) is 0 Å². The molecule has 1 atom stereocenters. The standard InChI is InChI=1S/C23H26ClN5OS/c1-16-4-10-20(11-5-16)29-21(18-6-8-19(24)9-7-18)25-26-23(29)31-17(2)22(30)28-14-12-27(3)13-15-28/h4-11,17H,12-15H2,1-3H3/t17-/m0/s1. The van der Waals surface area contributed by atoms with Crippen LogP contribution in [0.4, 0.5) is 0 Å². The third-order valence-corrected chi connectivity index (χ3v) is 6.76. The van der Waals surface area contributed by atoms with Crippen LogP contribution in [0.15, 0.2) is 53.7 Å². The lowest BCUT2D eigenvalue weighted by Gasteiger charge is -2.33. The van der Waals surface area contributed by atoms with Gasteiger partial charge in [0.1, 0.15) is 0 Å². The number of nitrogens with zero attached hydrogens (tertiary/aromatic N) is 5. The molecular formula is C23H26ClN5OS. The molecule has 1 aliphatic rings. The highest BCUT2D eigenvalue weighted by Gasteiger charge is 2.27. The molecule has 8 heteroatoms. The quantitative estimate of drug-likeness (QED) is 0.541. The molecule has 1 amide bonds. The number of piperazine rings is 1. The molecule has 1 fully saturated rings. The zero-order valence-corrected chi connectivity index (χ0v) is 19.5. The fourth-order valence-corrected chi connectivity index (χ4v) is 4.63. The summed E-state index contributed by atoms with van der Waals surface area (Å²) in [6.45, 7) is 7.35. The van der Waals surface area contributed by atoms with Crippen molar-refractivity contribution in [1.82, 2.24) is 24.6 Å². The zero-order valence-electron chi connectivity index (χ0n) is 18.0. The maximum Gasteiger partial charge on any atom is 0.235 e. The summed E-state index contributed by atoms with van der Waals surface area (Å²) in [5.41, 5.74) is 3.06. The Morgan fingerprint density at radius 1 is 1.00 bits per heavy atom. The van der Waals surface area contributed by atoms with E-state index >= 15 is 0 Å². The molecule has 1 saturated heterocycles. The summed E-state index contributed by atoms with van der Waals surface area (Å²) >= 11 is 7.52. The first-order chi connectivity index (χ1) is 14.9. The summed E-state index contributed by atoms with van der Waals surface area (Å²) in [5.74, 6) is 0.867. The Hall–Kier alpha value is -2.35. The number of rotatable bonds is 5. The molecule has 0 N–H and O–H groups in total. The molecule has 162 valence electrons. The van der Waals surface area contributed by atoms with Crippen molar-refractivity contribution in [2.24, 2.45) is 0 Å². The highest BCUT2D eigenvalue weighted by Crippen LogP contribution is 2.31. The lowest BCUT2D eigenvalue weighted by atomic mass is 10.2. The Balaban J connectivity index is 1.64. The first-order valence-electron chi connectivity index (χ1n) is 10.3. The van der Waals surface area contributed by atoms with Crippen LogP contribution in [-0.2, 0) is 4.79 Å². The molecule has 0 radical (unpaired) electrons. The van der Waals surface area contributed by atoms with E-state index in [2.05, 4.69) is 53.3 Å². The van der Waals surface area contributed by atoms with Crippen LogP contribution in [0.2, 0.25) is 5.02 Å². The van der Waals surface area contributed by atoms with Gasteiger partial charge in [0.2, 0.25) is 5.91 Å². The van der Waals surface area contributed by atoms with Crippen molar-refractivity contribution in [2.75, 3.05) is 33.2 Å². The van der Waals surface area contributed by atoms with Crippen LogP contribution in [-0.4, -0.2) is 68.9 Å². The molecule has 4 rings (SSSR count). The van der Waals surface area contributed by atoms with Crippen molar-refractivity contribution in [3.63, 3.8) is 0 Å². The van der Waals surface area contributed by atoms with E-state index in [0.29, 0.717) is 10.2 Å². The number of halogens is 1. The van der Waals surface area contributed by atoms with Gasteiger partial charge in [0.15, 0.2) is 11.0 Å². The van der Waals surface area contributed by atoms with Gasteiger partial charge in [0.05, 0.1) is 5.25 Å². The second-order valence-corrected chi connectivity index (χ2v) is 9.62. The summed E-state index contributed by atoms with van der Waals surface area (Å²) in [4.78, 5) is 17.2. The lowest BCUT2D eigenvalue weighted by molar-refractivity contribution is -0.131. The topological polar surface area (TPSA) is 54.3 Å². The van der Waals surface area contributed by atoms with Crippen LogP contribution in [0.5, 0.6) is 0 Å². The van der Waals surface area contributed by atoms with Gasteiger partial charge in [-0.15, -0.1) is 10.2 Å². The molecule has 31 heavy (non-hydrogen) atoms.